The molecule has 0 radical (unpaired) electrons. The first-order valence-corrected chi connectivity index (χ1v) is 6.36. The molecule has 0 bridgehead atoms. The van der Waals surface area contributed by atoms with Crippen LogP contribution in [0.4, 0.5) is 0 Å². The average molecular weight is 226 g/mol. The average Bonchev–Trinajstić information content (AvgIpc) is 2.46. The van der Waals surface area contributed by atoms with Gasteiger partial charge in [-0.25, -0.2) is 4.21 Å². The van der Waals surface area contributed by atoms with E-state index in [1.54, 1.807) is 11.3 Å². The number of fused-ring (bicyclic) bond motifs is 1. The normalized spacial score (nSPS) is 13.3. The highest BCUT2D eigenvalue weighted by Crippen LogP contribution is 2.25. The Balaban J connectivity index is 2.46. The summed E-state index contributed by atoms with van der Waals surface area (Å²) < 4.78 is 19.4. The maximum absolute atomic E-state index is 10.6. The molecule has 0 amide bonds. The van der Waals surface area contributed by atoms with Crippen molar-refractivity contribution in [2.75, 3.05) is 0 Å². The fourth-order valence-corrected chi connectivity index (χ4v) is 2.75. The Hall–Kier alpha value is -0.710. The van der Waals surface area contributed by atoms with Gasteiger partial charge in [0.05, 0.1) is 5.75 Å². The lowest BCUT2D eigenvalue weighted by atomic mass is 10.1. The van der Waals surface area contributed by atoms with Gasteiger partial charge in [0.1, 0.15) is 0 Å². The minimum Gasteiger partial charge on any atom is -0.306 e. The zero-order chi connectivity index (χ0) is 10.1. The van der Waals surface area contributed by atoms with Crippen LogP contribution in [0.5, 0.6) is 0 Å². The van der Waals surface area contributed by atoms with Crippen LogP contribution in [0.15, 0.2) is 23.6 Å². The molecule has 0 fully saturated rings. The van der Waals surface area contributed by atoms with Crippen LogP contribution in [0.2, 0.25) is 0 Å². The summed E-state index contributed by atoms with van der Waals surface area (Å²) in [6, 6.07) is 5.91. The number of hydrogen-bond acceptors (Lipinski definition) is 2. The van der Waals surface area contributed by atoms with E-state index in [-0.39, 0.29) is 5.75 Å². The molecule has 0 saturated carbocycles. The van der Waals surface area contributed by atoms with Gasteiger partial charge < -0.3 is 4.55 Å². The molecule has 1 atom stereocenters. The molecule has 2 rings (SSSR count). The Morgan fingerprint density at radius 3 is 3.00 bits per heavy atom. The van der Waals surface area contributed by atoms with Gasteiger partial charge in [-0.05, 0) is 34.7 Å². The third-order valence-electron chi connectivity index (χ3n) is 2.15. The maximum Gasteiger partial charge on any atom is 0.157 e. The van der Waals surface area contributed by atoms with Crippen molar-refractivity contribution in [2.45, 2.75) is 12.7 Å². The largest absolute Gasteiger partial charge is 0.306 e. The number of hydrogen-bond donors (Lipinski definition) is 1. The number of benzene rings is 1. The fourth-order valence-electron chi connectivity index (χ4n) is 1.48. The highest BCUT2D eigenvalue weighted by Gasteiger charge is 2.02. The quantitative estimate of drug-likeness (QED) is 0.799. The Kier molecular flexibility index (Phi) is 2.67. The lowest BCUT2D eigenvalue weighted by Crippen LogP contribution is -1.91. The number of rotatable bonds is 2. The second kappa shape index (κ2) is 3.81. The minimum atomic E-state index is -1.75. The van der Waals surface area contributed by atoms with E-state index in [1.807, 2.05) is 18.2 Å². The minimum absolute atomic E-state index is 0.213. The Labute approximate surface area is 88.9 Å². The van der Waals surface area contributed by atoms with Gasteiger partial charge in [0, 0.05) is 4.88 Å². The maximum atomic E-state index is 10.6. The van der Waals surface area contributed by atoms with Gasteiger partial charge in [-0.3, -0.25) is 0 Å². The van der Waals surface area contributed by atoms with Gasteiger partial charge in [-0.15, -0.1) is 11.3 Å². The van der Waals surface area contributed by atoms with Crippen LogP contribution < -0.4 is 0 Å². The highest BCUT2D eigenvalue weighted by atomic mass is 32.2. The van der Waals surface area contributed by atoms with Crippen LogP contribution in [0, 0.1) is 6.92 Å². The van der Waals surface area contributed by atoms with E-state index in [0.717, 1.165) is 10.9 Å². The van der Waals surface area contributed by atoms with Crippen molar-refractivity contribution in [1.82, 2.24) is 0 Å². The molecular weight excluding hydrogens is 216 g/mol. The lowest BCUT2D eigenvalue weighted by Gasteiger charge is -1.98. The summed E-state index contributed by atoms with van der Waals surface area (Å²) >= 11 is -0.0423. The van der Waals surface area contributed by atoms with Crippen LogP contribution in [-0.2, 0) is 16.8 Å². The van der Waals surface area contributed by atoms with E-state index >= 15 is 0 Å². The number of aryl methyl sites for hydroxylation is 1. The van der Waals surface area contributed by atoms with Gasteiger partial charge in [0.2, 0.25) is 0 Å². The molecule has 2 nitrogen and oxygen atoms in total. The summed E-state index contributed by atoms with van der Waals surface area (Å²) in [4.78, 5) is 1.29. The zero-order valence-electron chi connectivity index (χ0n) is 7.69. The van der Waals surface area contributed by atoms with Crippen molar-refractivity contribution >= 4 is 33.2 Å². The van der Waals surface area contributed by atoms with Crippen LogP contribution in [0.3, 0.4) is 0 Å². The predicted octanol–water partition coefficient (Wildman–Crippen LogP) is 2.93. The van der Waals surface area contributed by atoms with Crippen LogP contribution in [0.1, 0.15) is 10.4 Å². The summed E-state index contributed by atoms with van der Waals surface area (Å²) in [5.41, 5.74) is 0.913. The van der Waals surface area contributed by atoms with Gasteiger partial charge in [0.25, 0.3) is 0 Å². The Morgan fingerprint density at radius 1 is 1.50 bits per heavy atom. The van der Waals surface area contributed by atoms with Crippen molar-refractivity contribution in [3.8, 4) is 0 Å². The molecule has 1 aromatic heterocycles. The van der Waals surface area contributed by atoms with E-state index in [4.69, 9.17) is 4.55 Å². The molecule has 0 aliphatic carbocycles. The molecule has 0 aliphatic heterocycles. The highest BCUT2D eigenvalue weighted by molar-refractivity contribution is 7.78. The molecule has 1 N–H and O–H groups in total. The van der Waals surface area contributed by atoms with E-state index in [1.165, 1.54) is 10.3 Å². The summed E-state index contributed by atoms with van der Waals surface area (Å²) in [5.74, 6) is 0.213. The molecular formula is C10H10O2S2. The summed E-state index contributed by atoms with van der Waals surface area (Å²) in [6.07, 6.45) is 0. The van der Waals surface area contributed by atoms with Gasteiger partial charge in [-0.1, -0.05) is 12.1 Å². The van der Waals surface area contributed by atoms with E-state index in [9.17, 15) is 4.21 Å². The Morgan fingerprint density at radius 2 is 2.29 bits per heavy atom. The third kappa shape index (κ3) is 1.87. The van der Waals surface area contributed by atoms with Gasteiger partial charge >= 0.3 is 0 Å². The van der Waals surface area contributed by atoms with Crippen molar-refractivity contribution < 1.29 is 8.76 Å². The van der Waals surface area contributed by atoms with Gasteiger partial charge in [0.15, 0.2) is 11.1 Å². The monoisotopic (exact) mass is 226 g/mol. The second-order valence-electron chi connectivity index (χ2n) is 3.18. The molecule has 1 aromatic carbocycles. The second-order valence-corrected chi connectivity index (χ2v) is 5.19. The number of thiophene rings is 1. The SMILES string of the molecule is Cc1scc2cc(CS(=O)O)ccc12. The molecule has 4 heteroatoms. The molecule has 2 aromatic rings. The molecule has 1 unspecified atom stereocenters. The standard InChI is InChI=1S/C10H10O2S2/c1-7-10-3-2-8(6-14(11)12)4-9(10)5-13-7/h2-5H,6H2,1H3,(H,11,12). The molecule has 74 valence electrons. The fraction of sp³-hybridized carbons (Fsp3) is 0.200. The first kappa shape index (κ1) is 9.83. The predicted molar refractivity (Wildman–Crippen MR) is 61.0 cm³/mol. The topological polar surface area (TPSA) is 37.3 Å². The van der Waals surface area contributed by atoms with Crippen molar-refractivity contribution in [1.29, 1.82) is 0 Å². The van der Waals surface area contributed by atoms with E-state index in [2.05, 4.69) is 12.3 Å². The van der Waals surface area contributed by atoms with E-state index in [0.29, 0.717) is 0 Å². The van der Waals surface area contributed by atoms with Gasteiger partial charge in [-0.2, -0.15) is 0 Å². The van der Waals surface area contributed by atoms with Crippen molar-refractivity contribution in [3.05, 3.63) is 34.0 Å². The smallest absolute Gasteiger partial charge is 0.157 e. The lowest BCUT2D eigenvalue weighted by molar-refractivity contribution is 0.563. The zero-order valence-corrected chi connectivity index (χ0v) is 9.32. The molecule has 0 spiro atoms. The van der Waals surface area contributed by atoms with Crippen LogP contribution in [0.25, 0.3) is 10.8 Å². The van der Waals surface area contributed by atoms with Crippen molar-refractivity contribution in [2.24, 2.45) is 0 Å². The first-order valence-electron chi connectivity index (χ1n) is 4.21. The van der Waals surface area contributed by atoms with Crippen molar-refractivity contribution in [3.63, 3.8) is 0 Å². The molecule has 0 aliphatic rings. The molecule has 0 saturated heterocycles. The Bertz CT molecular complexity index is 488. The summed E-state index contributed by atoms with van der Waals surface area (Å²) in [6.45, 7) is 2.08. The molecule has 1 heterocycles. The summed E-state index contributed by atoms with van der Waals surface area (Å²) in [7, 11) is 0. The van der Waals surface area contributed by atoms with E-state index < -0.39 is 11.1 Å². The first-order chi connectivity index (χ1) is 6.66. The molecule has 14 heavy (non-hydrogen) atoms. The van der Waals surface area contributed by atoms with Crippen LogP contribution in [-0.4, -0.2) is 8.76 Å². The van der Waals surface area contributed by atoms with Crippen LogP contribution >= 0.6 is 11.3 Å². The summed E-state index contributed by atoms with van der Waals surface area (Å²) in [5, 5.41) is 4.48. The third-order valence-corrected chi connectivity index (χ3v) is 3.67.